The van der Waals surface area contributed by atoms with E-state index >= 15 is 0 Å². The number of sulfonamides is 1. The Balaban J connectivity index is 1.67. The Morgan fingerprint density at radius 2 is 1.60 bits per heavy atom. The minimum Gasteiger partial charge on any atom is -0.497 e. The number of nitrogens with zero attached hydrogens (tertiary/aromatic N) is 1. The van der Waals surface area contributed by atoms with Crippen LogP contribution >= 0.6 is 0 Å². The first-order valence-electron chi connectivity index (χ1n) is 9.86. The number of carbonyl (C=O) groups excluding carboxylic acids is 2. The van der Waals surface area contributed by atoms with Gasteiger partial charge >= 0.3 is 5.97 Å². The number of hydrogen-bond donors (Lipinski definition) is 0. The summed E-state index contributed by atoms with van der Waals surface area (Å²) in [6, 6.07) is 12.2. The van der Waals surface area contributed by atoms with Crippen LogP contribution in [0.25, 0.3) is 0 Å². The van der Waals surface area contributed by atoms with Crippen LogP contribution in [0.3, 0.4) is 0 Å². The van der Waals surface area contributed by atoms with Gasteiger partial charge in [0.15, 0.2) is 12.4 Å². The Kier molecular flexibility index (Phi) is 7.23. The molecule has 0 aliphatic carbocycles. The largest absolute Gasteiger partial charge is 0.497 e. The van der Waals surface area contributed by atoms with Crippen molar-refractivity contribution < 1.29 is 27.5 Å². The number of carbonyl (C=O) groups is 2. The third-order valence-corrected chi connectivity index (χ3v) is 6.91. The second-order valence-electron chi connectivity index (χ2n) is 7.07. The highest BCUT2D eigenvalue weighted by atomic mass is 32.2. The van der Waals surface area contributed by atoms with E-state index in [2.05, 4.69) is 0 Å². The molecule has 1 saturated heterocycles. The zero-order valence-corrected chi connectivity index (χ0v) is 17.7. The van der Waals surface area contributed by atoms with Gasteiger partial charge in [0.25, 0.3) is 0 Å². The summed E-state index contributed by atoms with van der Waals surface area (Å²) in [7, 11) is -2.15. The maximum atomic E-state index is 12.9. The van der Waals surface area contributed by atoms with Crippen molar-refractivity contribution in [3.05, 3.63) is 59.7 Å². The van der Waals surface area contributed by atoms with E-state index in [1.165, 1.54) is 35.7 Å². The van der Waals surface area contributed by atoms with E-state index in [1.54, 1.807) is 24.3 Å². The summed E-state index contributed by atoms with van der Waals surface area (Å²) < 4.78 is 37.5. The Labute approximate surface area is 176 Å². The first-order chi connectivity index (χ1) is 14.4. The number of ether oxygens (including phenoxy) is 2. The summed E-state index contributed by atoms with van der Waals surface area (Å²) >= 11 is 0. The standard InChI is InChI=1S/C22H25NO6S/c1-28-19-11-9-17(10-12-19)21(24)16-29-22(25)18-7-6-8-20(15-18)30(26,27)23-13-4-2-3-5-14-23/h6-12,15H,2-5,13-14,16H2,1H3. The lowest BCUT2D eigenvalue weighted by atomic mass is 10.1. The minimum atomic E-state index is -3.68. The summed E-state index contributed by atoms with van der Waals surface area (Å²) in [6.07, 6.45) is 3.68. The van der Waals surface area contributed by atoms with Gasteiger partial charge in [-0.2, -0.15) is 4.31 Å². The van der Waals surface area contributed by atoms with Gasteiger partial charge in [-0.1, -0.05) is 18.9 Å². The maximum Gasteiger partial charge on any atom is 0.338 e. The van der Waals surface area contributed by atoms with Gasteiger partial charge in [0.2, 0.25) is 10.0 Å². The quantitative estimate of drug-likeness (QED) is 0.494. The fraction of sp³-hybridized carbons (Fsp3) is 0.364. The Morgan fingerprint density at radius 1 is 0.933 bits per heavy atom. The molecule has 0 N–H and O–H groups in total. The maximum absolute atomic E-state index is 12.9. The average Bonchev–Trinajstić information content (AvgIpc) is 3.07. The van der Waals surface area contributed by atoms with Gasteiger partial charge in [0.1, 0.15) is 5.75 Å². The van der Waals surface area contributed by atoms with E-state index in [4.69, 9.17) is 9.47 Å². The number of esters is 1. The Hall–Kier alpha value is -2.71. The molecule has 0 unspecified atom stereocenters. The van der Waals surface area contributed by atoms with Crippen molar-refractivity contribution in [1.29, 1.82) is 0 Å². The van der Waals surface area contributed by atoms with Gasteiger partial charge in [-0.3, -0.25) is 4.79 Å². The smallest absolute Gasteiger partial charge is 0.338 e. The highest BCUT2D eigenvalue weighted by Crippen LogP contribution is 2.21. The molecule has 2 aromatic rings. The van der Waals surface area contributed by atoms with Crippen LogP contribution in [-0.2, 0) is 14.8 Å². The second kappa shape index (κ2) is 9.86. The topological polar surface area (TPSA) is 90.0 Å². The summed E-state index contributed by atoms with van der Waals surface area (Å²) in [5.41, 5.74) is 0.481. The molecule has 8 heteroatoms. The lowest BCUT2D eigenvalue weighted by molar-refractivity contribution is 0.0474. The monoisotopic (exact) mass is 431 g/mol. The van der Waals surface area contributed by atoms with Crippen molar-refractivity contribution in [2.45, 2.75) is 30.6 Å². The summed E-state index contributed by atoms with van der Waals surface area (Å²) in [5, 5.41) is 0. The summed E-state index contributed by atoms with van der Waals surface area (Å²) in [5.74, 6) is -0.491. The molecule has 0 amide bonds. The molecule has 1 aliphatic rings. The van der Waals surface area contributed by atoms with Crippen molar-refractivity contribution in [2.75, 3.05) is 26.8 Å². The fourth-order valence-electron chi connectivity index (χ4n) is 3.29. The van der Waals surface area contributed by atoms with Gasteiger partial charge in [0.05, 0.1) is 17.6 Å². The molecule has 0 aromatic heterocycles. The van der Waals surface area contributed by atoms with E-state index in [9.17, 15) is 18.0 Å². The Morgan fingerprint density at radius 3 is 2.23 bits per heavy atom. The molecule has 3 rings (SSSR count). The lowest BCUT2D eigenvalue weighted by Crippen LogP contribution is -2.32. The number of hydrogen-bond acceptors (Lipinski definition) is 6. The van der Waals surface area contributed by atoms with Crippen LogP contribution in [-0.4, -0.2) is 51.3 Å². The van der Waals surface area contributed by atoms with Crippen molar-refractivity contribution in [3.63, 3.8) is 0 Å². The van der Waals surface area contributed by atoms with Crippen LogP contribution in [0.5, 0.6) is 5.75 Å². The molecule has 0 spiro atoms. The van der Waals surface area contributed by atoms with Gasteiger partial charge in [0, 0.05) is 18.7 Å². The van der Waals surface area contributed by atoms with Gasteiger partial charge < -0.3 is 9.47 Å². The fourth-order valence-corrected chi connectivity index (χ4v) is 4.85. The van der Waals surface area contributed by atoms with Crippen molar-refractivity contribution in [1.82, 2.24) is 4.31 Å². The van der Waals surface area contributed by atoms with Crippen LogP contribution in [0.4, 0.5) is 0 Å². The third-order valence-electron chi connectivity index (χ3n) is 5.02. The molecule has 7 nitrogen and oxygen atoms in total. The molecular weight excluding hydrogens is 406 g/mol. The third kappa shape index (κ3) is 5.25. The van der Waals surface area contributed by atoms with Crippen molar-refractivity contribution >= 4 is 21.8 Å². The molecule has 160 valence electrons. The van der Waals surface area contributed by atoms with Crippen molar-refractivity contribution in [2.24, 2.45) is 0 Å². The van der Waals surface area contributed by atoms with E-state index in [1.807, 2.05) is 0 Å². The average molecular weight is 432 g/mol. The normalized spacial score (nSPS) is 15.2. The first-order valence-corrected chi connectivity index (χ1v) is 11.3. The molecule has 1 fully saturated rings. The zero-order chi connectivity index (χ0) is 21.6. The summed E-state index contributed by atoms with van der Waals surface area (Å²) in [6.45, 7) is 0.523. The molecule has 2 aromatic carbocycles. The summed E-state index contributed by atoms with van der Waals surface area (Å²) in [4.78, 5) is 24.7. The zero-order valence-electron chi connectivity index (χ0n) is 16.9. The number of methoxy groups -OCH3 is 1. The Bertz CT molecular complexity index is 993. The van der Waals surface area contributed by atoms with Crippen LogP contribution < -0.4 is 4.74 Å². The predicted octanol–water partition coefficient (Wildman–Crippen LogP) is 3.30. The second-order valence-corrected chi connectivity index (χ2v) is 9.01. The van der Waals surface area contributed by atoms with Crippen LogP contribution in [0.15, 0.2) is 53.4 Å². The SMILES string of the molecule is COc1ccc(C(=O)COC(=O)c2cccc(S(=O)(=O)N3CCCCCC3)c2)cc1. The minimum absolute atomic E-state index is 0.0559. The van der Waals surface area contributed by atoms with E-state index < -0.39 is 22.6 Å². The molecule has 0 atom stereocenters. The lowest BCUT2D eigenvalue weighted by Gasteiger charge is -2.20. The highest BCUT2D eigenvalue weighted by molar-refractivity contribution is 7.89. The van der Waals surface area contributed by atoms with E-state index in [0.29, 0.717) is 24.4 Å². The van der Waals surface area contributed by atoms with E-state index in [0.717, 1.165) is 25.7 Å². The van der Waals surface area contributed by atoms with Crippen LogP contribution in [0.1, 0.15) is 46.4 Å². The van der Waals surface area contributed by atoms with Crippen molar-refractivity contribution in [3.8, 4) is 5.75 Å². The number of rotatable bonds is 7. The molecule has 0 saturated carbocycles. The number of Topliss-reactive ketones (excluding diaryl/α,β-unsaturated/α-hetero) is 1. The molecular formula is C22H25NO6S. The molecule has 1 aliphatic heterocycles. The van der Waals surface area contributed by atoms with Gasteiger partial charge in [-0.05, 0) is 55.3 Å². The van der Waals surface area contributed by atoms with Crippen LogP contribution in [0.2, 0.25) is 0 Å². The molecule has 0 bridgehead atoms. The molecule has 30 heavy (non-hydrogen) atoms. The molecule has 1 heterocycles. The highest BCUT2D eigenvalue weighted by Gasteiger charge is 2.26. The first kappa shape index (κ1) is 22.0. The van der Waals surface area contributed by atoms with E-state index in [-0.39, 0.29) is 16.2 Å². The van der Waals surface area contributed by atoms with Gasteiger partial charge in [-0.25, -0.2) is 13.2 Å². The number of benzene rings is 2. The van der Waals surface area contributed by atoms with Crippen LogP contribution in [0, 0.1) is 0 Å². The predicted molar refractivity (Wildman–Crippen MR) is 111 cm³/mol. The van der Waals surface area contributed by atoms with Gasteiger partial charge in [-0.15, -0.1) is 0 Å². The number of ketones is 1. The molecule has 0 radical (unpaired) electrons.